The molecule has 4 nitrogen and oxygen atoms in total. The Balaban J connectivity index is 2.73. The number of hydrogen-bond donors (Lipinski definition) is 2. The average molecular weight is 173 g/mol. The topological polar surface area (TPSA) is 72.5 Å². The van der Waals surface area contributed by atoms with E-state index >= 15 is 0 Å². The summed E-state index contributed by atoms with van der Waals surface area (Å²) in [5.74, 6) is 3.89. The monoisotopic (exact) mass is 173 g/mol. The van der Waals surface area contributed by atoms with Crippen LogP contribution in [0.4, 0.5) is 0 Å². The first-order chi connectivity index (χ1) is 5.24. The van der Waals surface area contributed by atoms with Gasteiger partial charge in [-0.25, -0.2) is 10.7 Å². The number of aromatic carboxylic acids is 1. The SMILES string of the molecule is NOCc1ccc(C(=O)O)s1. The molecule has 0 radical (unpaired) electrons. The third-order valence-electron chi connectivity index (χ3n) is 1.10. The summed E-state index contributed by atoms with van der Waals surface area (Å²) in [5.41, 5.74) is 0. The Morgan fingerprint density at radius 2 is 2.45 bits per heavy atom. The summed E-state index contributed by atoms with van der Waals surface area (Å²) in [6.45, 7) is 0.262. The van der Waals surface area contributed by atoms with E-state index in [9.17, 15) is 4.79 Å². The number of carboxylic acid groups (broad SMARTS) is 1. The first kappa shape index (κ1) is 8.19. The predicted molar refractivity (Wildman–Crippen MR) is 40.3 cm³/mol. The van der Waals surface area contributed by atoms with Crippen molar-refractivity contribution in [3.05, 3.63) is 21.9 Å². The zero-order valence-electron chi connectivity index (χ0n) is 5.61. The van der Waals surface area contributed by atoms with Gasteiger partial charge in [0, 0.05) is 4.88 Å². The Kier molecular flexibility index (Phi) is 2.58. The van der Waals surface area contributed by atoms with E-state index in [1.165, 1.54) is 6.07 Å². The van der Waals surface area contributed by atoms with Crippen molar-refractivity contribution in [2.24, 2.45) is 5.90 Å². The van der Waals surface area contributed by atoms with Crippen LogP contribution in [0.3, 0.4) is 0 Å². The summed E-state index contributed by atoms with van der Waals surface area (Å²) in [6.07, 6.45) is 0. The van der Waals surface area contributed by atoms with Crippen LogP contribution >= 0.6 is 11.3 Å². The summed E-state index contributed by atoms with van der Waals surface area (Å²) in [7, 11) is 0. The summed E-state index contributed by atoms with van der Waals surface area (Å²) >= 11 is 1.16. The lowest BCUT2D eigenvalue weighted by Crippen LogP contribution is -1.96. The number of hydrogen-bond acceptors (Lipinski definition) is 4. The molecule has 0 bridgehead atoms. The highest BCUT2D eigenvalue weighted by molar-refractivity contribution is 7.13. The third-order valence-corrected chi connectivity index (χ3v) is 2.14. The maximum Gasteiger partial charge on any atom is 0.345 e. The Hall–Kier alpha value is -0.910. The molecule has 1 aromatic rings. The van der Waals surface area contributed by atoms with Crippen LogP contribution in [0.5, 0.6) is 0 Å². The van der Waals surface area contributed by atoms with Crippen molar-refractivity contribution in [2.45, 2.75) is 6.61 Å². The van der Waals surface area contributed by atoms with Gasteiger partial charge in [0.05, 0.1) is 0 Å². The number of thiophene rings is 1. The molecule has 1 rings (SSSR count). The van der Waals surface area contributed by atoms with Crippen LogP contribution in [0, 0.1) is 0 Å². The van der Waals surface area contributed by atoms with Crippen LogP contribution < -0.4 is 5.90 Å². The summed E-state index contributed by atoms with van der Waals surface area (Å²) in [5, 5.41) is 8.50. The molecule has 0 aliphatic rings. The Morgan fingerprint density at radius 1 is 1.73 bits per heavy atom. The van der Waals surface area contributed by atoms with Crippen molar-refractivity contribution < 1.29 is 14.7 Å². The van der Waals surface area contributed by atoms with E-state index in [0.717, 1.165) is 16.2 Å². The smallest absolute Gasteiger partial charge is 0.345 e. The molecule has 0 spiro atoms. The number of carbonyl (C=O) groups is 1. The quantitative estimate of drug-likeness (QED) is 0.664. The number of rotatable bonds is 3. The zero-order chi connectivity index (χ0) is 8.27. The minimum absolute atomic E-state index is 0.262. The standard InChI is InChI=1S/C6H7NO3S/c7-10-3-4-1-2-5(11-4)6(8)9/h1-2H,3,7H2,(H,8,9). The predicted octanol–water partition coefficient (Wildman–Crippen LogP) is 0.837. The van der Waals surface area contributed by atoms with E-state index in [2.05, 4.69) is 4.84 Å². The number of nitrogens with two attached hydrogens (primary N) is 1. The Labute approximate surface area is 67.2 Å². The minimum Gasteiger partial charge on any atom is -0.477 e. The van der Waals surface area contributed by atoms with Gasteiger partial charge in [0.25, 0.3) is 0 Å². The molecule has 11 heavy (non-hydrogen) atoms. The van der Waals surface area contributed by atoms with Gasteiger partial charge in [-0.2, -0.15) is 0 Å². The summed E-state index contributed by atoms with van der Waals surface area (Å²) in [4.78, 5) is 15.8. The van der Waals surface area contributed by atoms with Gasteiger partial charge < -0.3 is 5.11 Å². The third kappa shape index (κ3) is 2.01. The maximum atomic E-state index is 10.4. The normalized spacial score (nSPS) is 9.91. The van der Waals surface area contributed by atoms with Crippen molar-refractivity contribution in [1.82, 2.24) is 0 Å². The molecule has 5 heteroatoms. The van der Waals surface area contributed by atoms with Gasteiger partial charge in [0.15, 0.2) is 0 Å². The summed E-state index contributed by atoms with van der Waals surface area (Å²) < 4.78 is 0. The maximum absolute atomic E-state index is 10.4. The van der Waals surface area contributed by atoms with Crippen molar-refractivity contribution in [3.63, 3.8) is 0 Å². The highest BCUT2D eigenvalue weighted by Gasteiger charge is 2.05. The molecule has 60 valence electrons. The highest BCUT2D eigenvalue weighted by atomic mass is 32.1. The van der Waals surface area contributed by atoms with Gasteiger partial charge in [-0.05, 0) is 12.1 Å². The number of carboxylic acids is 1. The van der Waals surface area contributed by atoms with Gasteiger partial charge >= 0.3 is 5.97 Å². The molecule has 0 aliphatic heterocycles. The molecule has 0 fully saturated rings. The van der Waals surface area contributed by atoms with Crippen LogP contribution in [0.2, 0.25) is 0 Å². The lowest BCUT2D eigenvalue weighted by Gasteiger charge is -1.89. The second-order valence-electron chi connectivity index (χ2n) is 1.88. The molecule has 0 unspecified atom stereocenters. The van der Waals surface area contributed by atoms with Crippen LogP contribution in [0.15, 0.2) is 12.1 Å². The van der Waals surface area contributed by atoms with Crippen LogP contribution in [0.1, 0.15) is 14.5 Å². The van der Waals surface area contributed by atoms with Crippen molar-refractivity contribution >= 4 is 17.3 Å². The van der Waals surface area contributed by atoms with Gasteiger partial charge in [-0.15, -0.1) is 11.3 Å². The van der Waals surface area contributed by atoms with E-state index < -0.39 is 5.97 Å². The van der Waals surface area contributed by atoms with Gasteiger partial charge in [0.1, 0.15) is 11.5 Å². The Morgan fingerprint density at radius 3 is 2.91 bits per heavy atom. The Bertz CT molecular complexity index is 258. The second-order valence-corrected chi connectivity index (χ2v) is 3.05. The van der Waals surface area contributed by atoms with Gasteiger partial charge in [0.2, 0.25) is 0 Å². The molecule has 0 atom stereocenters. The molecule has 0 saturated carbocycles. The van der Waals surface area contributed by atoms with E-state index in [-0.39, 0.29) is 6.61 Å². The van der Waals surface area contributed by atoms with Crippen LogP contribution in [-0.2, 0) is 11.4 Å². The van der Waals surface area contributed by atoms with Crippen molar-refractivity contribution in [2.75, 3.05) is 0 Å². The molecular weight excluding hydrogens is 166 g/mol. The largest absolute Gasteiger partial charge is 0.477 e. The van der Waals surface area contributed by atoms with E-state index in [0.29, 0.717) is 4.88 Å². The first-order valence-electron chi connectivity index (χ1n) is 2.87. The molecule has 0 aliphatic carbocycles. The average Bonchev–Trinajstić information content (AvgIpc) is 2.37. The van der Waals surface area contributed by atoms with E-state index in [1.807, 2.05) is 0 Å². The zero-order valence-corrected chi connectivity index (χ0v) is 6.43. The molecule has 1 heterocycles. The van der Waals surface area contributed by atoms with E-state index in [1.54, 1.807) is 6.07 Å². The lowest BCUT2D eigenvalue weighted by molar-refractivity contribution is 0.0702. The lowest BCUT2D eigenvalue weighted by atomic mass is 10.4. The van der Waals surface area contributed by atoms with Gasteiger partial charge in [-0.3, -0.25) is 4.84 Å². The highest BCUT2D eigenvalue weighted by Crippen LogP contribution is 2.16. The van der Waals surface area contributed by atoms with Crippen molar-refractivity contribution in [1.29, 1.82) is 0 Å². The fourth-order valence-electron chi connectivity index (χ4n) is 0.653. The van der Waals surface area contributed by atoms with Gasteiger partial charge in [-0.1, -0.05) is 0 Å². The summed E-state index contributed by atoms with van der Waals surface area (Å²) in [6, 6.07) is 3.21. The fourth-order valence-corrected chi connectivity index (χ4v) is 1.42. The molecular formula is C6H7NO3S. The van der Waals surface area contributed by atoms with E-state index in [4.69, 9.17) is 11.0 Å². The molecule has 0 amide bonds. The van der Waals surface area contributed by atoms with Crippen LogP contribution in [0.25, 0.3) is 0 Å². The second kappa shape index (κ2) is 3.47. The molecule has 0 aromatic carbocycles. The fraction of sp³-hybridized carbons (Fsp3) is 0.167. The molecule has 1 aromatic heterocycles. The molecule has 0 saturated heterocycles. The van der Waals surface area contributed by atoms with Crippen LogP contribution in [-0.4, -0.2) is 11.1 Å². The minimum atomic E-state index is -0.918. The molecule has 3 N–H and O–H groups in total. The van der Waals surface area contributed by atoms with Crippen molar-refractivity contribution in [3.8, 4) is 0 Å². The first-order valence-corrected chi connectivity index (χ1v) is 3.69.